The SMILES string of the molecule is CNC(=O)CCN1CC2(CCC(c3ccccc3)(N(C)C)CC2)N(CCOC)C1=O. The second-order valence-electron chi connectivity index (χ2n) is 8.79. The van der Waals surface area contributed by atoms with E-state index in [2.05, 4.69) is 54.6 Å². The van der Waals surface area contributed by atoms with Crippen molar-refractivity contribution in [3.8, 4) is 0 Å². The first-order chi connectivity index (χ1) is 14.4. The highest BCUT2D eigenvalue weighted by molar-refractivity contribution is 5.80. The van der Waals surface area contributed by atoms with Crippen LogP contribution in [-0.2, 0) is 15.1 Å². The maximum absolute atomic E-state index is 13.2. The molecular weight excluding hydrogens is 380 g/mol. The fourth-order valence-corrected chi connectivity index (χ4v) is 5.23. The summed E-state index contributed by atoms with van der Waals surface area (Å²) >= 11 is 0. The summed E-state index contributed by atoms with van der Waals surface area (Å²) in [5.74, 6) is -0.0356. The van der Waals surface area contributed by atoms with Gasteiger partial charge < -0.3 is 19.9 Å². The van der Waals surface area contributed by atoms with Crippen LogP contribution in [0.2, 0.25) is 0 Å². The van der Waals surface area contributed by atoms with E-state index in [1.807, 2.05) is 9.80 Å². The highest BCUT2D eigenvalue weighted by Crippen LogP contribution is 2.48. The summed E-state index contributed by atoms with van der Waals surface area (Å²) in [6, 6.07) is 10.7. The molecule has 0 atom stereocenters. The Morgan fingerprint density at radius 2 is 1.80 bits per heavy atom. The molecule has 0 aromatic heterocycles. The lowest BCUT2D eigenvalue weighted by atomic mass is 9.68. The Morgan fingerprint density at radius 3 is 2.37 bits per heavy atom. The maximum Gasteiger partial charge on any atom is 0.320 e. The number of nitrogens with one attached hydrogen (secondary N) is 1. The first-order valence-corrected chi connectivity index (χ1v) is 10.9. The molecule has 1 N–H and O–H groups in total. The highest BCUT2D eigenvalue weighted by atomic mass is 16.5. The Labute approximate surface area is 180 Å². The number of ether oxygens (including phenoxy) is 1. The summed E-state index contributed by atoms with van der Waals surface area (Å²) in [5, 5.41) is 2.65. The second-order valence-corrected chi connectivity index (χ2v) is 8.79. The molecule has 1 heterocycles. The van der Waals surface area contributed by atoms with Crippen molar-refractivity contribution in [2.24, 2.45) is 0 Å². The molecule has 0 unspecified atom stereocenters. The van der Waals surface area contributed by atoms with Crippen molar-refractivity contribution in [2.45, 2.75) is 43.2 Å². The van der Waals surface area contributed by atoms with Gasteiger partial charge >= 0.3 is 6.03 Å². The smallest absolute Gasteiger partial charge is 0.320 e. The topological polar surface area (TPSA) is 65.1 Å². The Morgan fingerprint density at radius 1 is 1.13 bits per heavy atom. The zero-order chi connectivity index (χ0) is 21.8. The summed E-state index contributed by atoms with van der Waals surface area (Å²) in [6.07, 6.45) is 4.19. The third-order valence-corrected chi connectivity index (χ3v) is 7.14. The highest BCUT2D eigenvalue weighted by Gasteiger charge is 2.54. The average Bonchev–Trinajstić information content (AvgIpc) is 3.02. The van der Waals surface area contributed by atoms with E-state index in [0.29, 0.717) is 32.7 Å². The van der Waals surface area contributed by atoms with Gasteiger partial charge in [-0.05, 0) is 45.3 Å². The van der Waals surface area contributed by atoms with E-state index in [1.165, 1.54) is 5.56 Å². The van der Waals surface area contributed by atoms with Gasteiger partial charge in [0, 0.05) is 45.8 Å². The Balaban J connectivity index is 1.81. The van der Waals surface area contributed by atoms with E-state index in [1.54, 1.807) is 14.2 Å². The lowest BCUT2D eigenvalue weighted by molar-refractivity contribution is -0.120. The largest absolute Gasteiger partial charge is 0.383 e. The molecule has 166 valence electrons. The van der Waals surface area contributed by atoms with Gasteiger partial charge in [0.1, 0.15) is 0 Å². The Kier molecular flexibility index (Phi) is 7.03. The number of carbonyl (C=O) groups is 2. The first-order valence-electron chi connectivity index (χ1n) is 10.9. The molecule has 7 nitrogen and oxygen atoms in total. The predicted octanol–water partition coefficient (Wildman–Crippen LogP) is 2.28. The standard InChI is InChI=1S/C23H36N4O3/c1-24-20(28)10-15-26-18-22(27(21(26)29)16-17-30-4)11-13-23(14-12-22,25(2)3)19-8-6-5-7-9-19/h5-9H,10-18H2,1-4H3,(H,24,28). The van der Waals surface area contributed by atoms with Gasteiger partial charge in [0.25, 0.3) is 0 Å². The molecule has 0 radical (unpaired) electrons. The molecule has 3 amide bonds. The van der Waals surface area contributed by atoms with Gasteiger partial charge in [-0.15, -0.1) is 0 Å². The van der Waals surface area contributed by atoms with Crippen LogP contribution in [0, 0.1) is 0 Å². The molecule has 1 aliphatic carbocycles. The maximum atomic E-state index is 13.2. The molecule has 2 aliphatic rings. The lowest BCUT2D eigenvalue weighted by Gasteiger charge is -2.51. The van der Waals surface area contributed by atoms with Crippen molar-refractivity contribution in [2.75, 3.05) is 54.5 Å². The number of nitrogens with zero attached hydrogens (tertiary/aromatic N) is 3. The van der Waals surface area contributed by atoms with Crippen molar-refractivity contribution in [1.82, 2.24) is 20.0 Å². The van der Waals surface area contributed by atoms with Gasteiger partial charge in [-0.25, -0.2) is 4.79 Å². The van der Waals surface area contributed by atoms with Gasteiger partial charge in [-0.3, -0.25) is 9.69 Å². The number of methoxy groups -OCH3 is 1. The van der Waals surface area contributed by atoms with Crippen LogP contribution in [0.1, 0.15) is 37.7 Å². The minimum absolute atomic E-state index is 0.0159. The van der Waals surface area contributed by atoms with Crippen LogP contribution in [0.4, 0.5) is 4.79 Å². The molecule has 1 saturated heterocycles. The van der Waals surface area contributed by atoms with Gasteiger partial charge in [0.2, 0.25) is 5.91 Å². The van der Waals surface area contributed by atoms with E-state index in [-0.39, 0.29) is 23.0 Å². The molecule has 3 rings (SSSR count). The average molecular weight is 417 g/mol. The van der Waals surface area contributed by atoms with E-state index >= 15 is 0 Å². The van der Waals surface area contributed by atoms with Gasteiger partial charge in [-0.2, -0.15) is 0 Å². The van der Waals surface area contributed by atoms with Crippen molar-refractivity contribution in [1.29, 1.82) is 0 Å². The van der Waals surface area contributed by atoms with Crippen LogP contribution in [0.3, 0.4) is 0 Å². The Bertz CT molecular complexity index is 729. The van der Waals surface area contributed by atoms with E-state index < -0.39 is 0 Å². The minimum Gasteiger partial charge on any atom is -0.383 e. The third-order valence-electron chi connectivity index (χ3n) is 7.14. The van der Waals surface area contributed by atoms with E-state index in [0.717, 1.165) is 25.7 Å². The zero-order valence-electron chi connectivity index (χ0n) is 18.8. The second kappa shape index (κ2) is 9.35. The van der Waals surface area contributed by atoms with E-state index in [9.17, 15) is 9.59 Å². The van der Waals surface area contributed by atoms with Crippen LogP contribution >= 0.6 is 0 Å². The Hall–Kier alpha value is -2.12. The molecule has 1 saturated carbocycles. The molecule has 7 heteroatoms. The monoisotopic (exact) mass is 416 g/mol. The number of hydrogen-bond acceptors (Lipinski definition) is 4. The molecular formula is C23H36N4O3. The molecule has 1 aliphatic heterocycles. The van der Waals surface area contributed by atoms with Crippen LogP contribution < -0.4 is 5.32 Å². The fraction of sp³-hybridized carbons (Fsp3) is 0.652. The fourth-order valence-electron chi connectivity index (χ4n) is 5.23. The molecule has 1 spiro atoms. The normalized spacial score (nSPS) is 26.6. The summed E-state index contributed by atoms with van der Waals surface area (Å²) in [4.78, 5) is 31.1. The lowest BCUT2D eigenvalue weighted by Crippen LogP contribution is -2.56. The number of rotatable bonds is 8. The molecule has 1 aromatic carbocycles. The quantitative estimate of drug-likeness (QED) is 0.706. The van der Waals surface area contributed by atoms with Crippen molar-refractivity contribution >= 4 is 11.9 Å². The molecule has 0 bridgehead atoms. The van der Waals surface area contributed by atoms with Crippen molar-refractivity contribution in [3.63, 3.8) is 0 Å². The first kappa shape index (κ1) is 22.6. The van der Waals surface area contributed by atoms with Crippen molar-refractivity contribution in [3.05, 3.63) is 35.9 Å². The number of amides is 3. The number of benzene rings is 1. The molecule has 1 aromatic rings. The number of hydrogen-bond donors (Lipinski definition) is 1. The molecule has 30 heavy (non-hydrogen) atoms. The van der Waals surface area contributed by atoms with Crippen LogP contribution in [0.15, 0.2) is 30.3 Å². The summed E-state index contributed by atoms with van der Waals surface area (Å²) in [6.45, 7) is 2.26. The minimum atomic E-state index is -0.188. The summed E-state index contributed by atoms with van der Waals surface area (Å²) < 4.78 is 5.30. The van der Waals surface area contributed by atoms with Crippen molar-refractivity contribution < 1.29 is 14.3 Å². The summed E-state index contributed by atoms with van der Waals surface area (Å²) in [7, 11) is 7.61. The number of urea groups is 1. The van der Waals surface area contributed by atoms with Crippen LogP contribution in [0.25, 0.3) is 0 Å². The van der Waals surface area contributed by atoms with Gasteiger partial charge in [0.05, 0.1) is 12.1 Å². The van der Waals surface area contributed by atoms with Gasteiger partial charge in [0.15, 0.2) is 0 Å². The number of carbonyl (C=O) groups excluding carboxylic acids is 2. The predicted molar refractivity (Wildman–Crippen MR) is 117 cm³/mol. The summed E-state index contributed by atoms with van der Waals surface area (Å²) in [5.41, 5.74) is 1.14. The third kappa shape index (κ3) is 4.18. The van der Waals surface area contributed by atoms with Crippen LogP contribution in [-0.4, -0.2) is 86.7 Å². The zero-order valence-corrected chi connectivity index (χ0v) is 18.8. The molecule has 2 fully saturated rings. The van der Waals surface area contributed by atoms with Crippen LogP contribution in [0.5, 0.6) is 0 Å². The van der Waals surface area contributed by atoms with E-state index in [4.69, 9.17) is 4.74 Å². The van der Waals surface area contributed by atoms with Gasteiger partial charge in [-0.1, -0.05) is 30.3 Å².